The highest BCUT2D eigenvalue weighted by Gasteiger charge is 2.25. The number of hydrogen-bond acceptors (Lipinski definition) is 3. The summed E-state index contributed by atoms with van der Waals surface area (Å²) < 4.78 is 3.05. The number of rotatable bonds is 5. The fourth-order valence-electron chi connectivity index (χ4n) is 2.47. The van der Waals surface area contributed by atoms with Gasteiger partial charge >= 0.3 is 5.69 Å². The summed E-state index contributed by atoms with van der Waals surface area (Å²) in [5.74, 6) is 0.533. The molecule has 0 bridgehead atoms. The van der Waals surface area contributed by atoms with Crippen molar-refractivity contribution in [2.45, 2.75) is 39.7 Å². The second kappa shape index (κ2) is 8.06. The number of aliphatic imine (C=N–C) groups is 1. The average Bonchev–Trinajstić information content (AvgIpc) is 2.91. The first-order chi connectivity index (χ1) is 12.2. The summed E-state index contributed by atoms with van der Waals surface area (Å²) in [7, 11) is 0. The topological polar surface area (TPSA) is 52.2 Å². The third-order valence-electron chi connectivity index (χ3n) is 3.73. The smallest absolute Gasteiger partial charge is 0.271 e. The van der Waals surface area contributed by atoms with E-state index in [0.29, 0.717) is 28.0 Å². The molecular formula is C19H22Cl2N4O. The van der Waals surface area contributed by atoms with Gasteiger partial charge in [0.15, 0.2) is 5.82 Å². The molecule has 0 atom stereocenters. The number of benzene rings is 1. The molecule has 0 saturated carbocycles. The Balaban J connectivity index is 2.71. The lowest BCUT2D eigenvalue weighted by Crippen LogP contribution is -2.35. The van der Waals surface area contributed by atoms with Crippen molar-refractivity contribution in [3.63, 3.8) is 0 Å². The largest absolute Gasteiger partial charge is 0.351 e. The Kier molecular flexibility index (Phi) is 6.26. The minimum atomic E-state index is -0.468. The van der Waals surface area contributed by atoms with Crippen molar-refractivity contribution < 1.29 is 0 Å². The average molecular weight is 393 g/mol. The zero-order valence-electron chi connectivity index (χ0n) is 15.3. The number of allylic oxidation sites excluding steroid dienone is 3. The molecule has 0 radical (unpaired) electrons. The van der Waals surface area contributed by atoms with E-state index in [4.69, 9.17) is 23.2 Å². The predicted octanol–water partition coefficient (Wildman–Crippen LogP) is 5.02. The summed E-state index contributed by atoms with van der Waals surface area (Å²) in [6.07, 6.45) is 3.77. The first-order valence-corrected chi connectivity index (χ1v) is 8.89. The van der Waals surface area contributed by atoms with E-state index in [-0.39, 0.29) is 5.69 Å². The summed E-state index contributed by atoms with van der Waals surface area (Å²) in [5, 5.41) is 5.70. The van der Waals surface area contributed by atoms with Crippen LogP contribution in [0.15, 0.2) is 51.4 Å². The van der Waals surface area contributed by atoms with Gasteiger partial charge in [-0.3, -0.25) is 4.99 Å². The van der Waals surface area contributed by atoms with Gasteiger partial charge in [-0.15, -0.1) is 5.10 Å². The summed E-state index contributed by atoms with van der Waals surface area (Å²) in [4.78, 5) is 16.8. The van der Waals surface area contributed by atoms with E-state index in [0.717, 1.165) is 5.57 Å². The van der Waals surface area contributed by atoms with Crippen LogP contribution >= 0.6 is 23.2 Å². The molecule has 1 aromatic heterocycles. The Morgan fingerprint density at radius 1 is 1.31 bits per heavy atom. The van der Waals surface area contributed by atoms with Gasteiger partial charge in [-0.2, -0.15) is 0 Å². The van der Waals surface area contributed by atoms with Crippen molar-refractivity contribution in [1.82, 2.24) is 14.3 Å². The van der Waals surface area contributed by atoms with Gasteiger partial charge in [0.05, 0.1) is 11.2 Å². The monoisotopic (exact) mass is 392 g/mol. The molecule has 138 valence electrons. The van der Waals surface area contributed by atoms with Crippen LogP contribution < -0.4 is 5.69 Å². The van der Waals surface area contributed by atoms with Crippen molar-refractivity contribution in [1.29, 1.82) is 0 Å². The van der Waals surface area contributed by atoms with Gasteiger partial charge in [0.25, 0.3) is 0 Å². The van der Waals surface area contributed by atoms with Crippen LogP contribution in [0.25, 0.3) is 11.3 Å². The zero-order valence-corrected chi connectivity index (χ0v) is 16.8. The Labute approximate surface area is 163 Å². The van der Waals surface area contributed by atoms with Gasteiger partial charge in [0.2, 0.25) is 0 Å². The predicted molar refractivity (Wildman–Crippen MR) is 110 cm³/mol. The first-order valence-electron chi connectivity index (χ1n) is 8.13. The minimum absolute atomic E-state index is 0.226. The van der Waals surface area contributed by atoms with E-state index in [1.807, 2.05) is 33.8 Å². The van der Waals surface area contributed by atoms with Crippen LogP contribution in [0.1, 0.15) is 39.9 Å². The quantitative estimate of drug-likeness (QED) is 0.670. The van der Waals surface area contributed by atoms with Gasteiger partial charge in [0, 0.05) is 22.7 Å². The normalized spacial score (nSPS) is 13.2. The molecule has 5 nitrogen and oxygen atoms in total. The Bertz CT molecular complexity index is 912. The van der Waals surface area contributed by atoms with Crippen molar-refractivity contribution in [3.05, 3.63) is 62.9 Å². The van der Waals surface area contributed by atoms with E-state index in [2.05, 4.69) is 16.8 Å². The maximum absolute atomic E-state index is 13.1. The Hall–Kier alpha value is -2.11. The van der Waals surface area contributed by atoms with Gasteiger partial charge in [-0.1, -0.05) is 29.3 Å². The van der Waals surface area contributed by atoms with E-state index in [1.165, 1.54) is 10.9 Å². The number of aromatic nitrogens is 3. The fraction of sp³-hybridized carbons (Fsp3) is 0.316. The van der Waals surface area contributed by atoms with Crippen LogP contribution in [-0.2, 0) is 5.54 Å². The molecule has 0 aliphatic rings. The molecule has 0 unspecified atom stereocenters. The summed E-state index contributed by atoms with van der Waals surface area (Å²) in [5.41, 5.74) is 0.803. The molecule has 0 aliphatic carbocycles. The molecule has 0 amide bonds. The van der Waals surface area contributed by atoms with Crippen molar-refractivity contribution >= 4 is 35.5 Å². The molecule has 1 heterocycles. The Morgan fingerprint density at radius 3 is 2.42 bits per heavy atom. The third kappa shape index (κ3) is 4.34. The van der Waals surface area contributed by atoms with Gasteiger partial charge < -0.3 is 0 Å². The van der Waals surface area contributed by atoms with E-state index in [9.17, 15) is 4.79 Å². The van der Waals surface area contributed by atoms with Gasteiger partial charge in [-0.05, 0) is 64.3 Å². The second-order valence-corrected chi connectivity index (χ2v) is 7.67. The van der Waals surface area contributed by atoms with E-state index in [1.54, 1.807) is 28.8 Å². The molecule has 0 spiro atoms. The van der Waals surface area contributed by atoms with Crippen LogP contribution in [0.3, 0.4) is 0 Å². The fourth-order valence-corrected chi connectivity index (χ4v) is 2.81. The van der Waals surface area contributed by atoms with Crippen LogP contribution in [0.5, 0.6) is 0 Å². The number of halogens is 2. The molecule has 26 heavy (non-hydrogen) atoms. The summed E-state index contributed by atoms with van der Waals surface area (Å²) >= 11 is 12.2. The Morgan fingerprint density at radius 2 is 1.92 bits per heavy atom. The van der Waals surface area contributed by atoms with Gasteiger partial charge in [0.1, 0.15) is 0 Å². The number of nitrogens with zero attached hydrogens (tertiary/aromatic N) is 4. The van der Waals surface area contributed by atoms with Crippen LogP contribution in [0.4, 0.5) is 0 Å². The standard InChI is InChI=1S/C19H22Cl2N4O/c1-6-13(11-15(21)12-22-5)17-23-25(19(2,3)4)18(26)24(17)16-9-7-14(20)8-10-16/h6-10,12H,5,11H2,1-4H3/b13-6+,15-12+. The molecule has 0 saturated heterocycles. The summed E-state index contributed by atoms with van der Waals surface area (Å²) in [6, 6.07) is 7.06. The van der Waals surface area contributed by atoms with Crippen LogP contribution in [0.2, 0.25) is 5.02 Å². The SMILES string of the molecule is C=N/C=C(/Cl)C/C(=C\C)c1nn(C(C)(C)C)c(=O)n1-c1ccc(Cl)cc1. The molecule has 0 fully saturated rings. The van der Waals surface area contributed by atoms with Crippen LogP contribution in [-0.4, -0.2) is 21.1 Å². The lowest BCUT2D eigenvalue weighted by Gasteiger charge is -2.16. The highest BCUT2D eigenvalue weighted by molar-refractivity contribution is 6.30. The third-order valence-corrected chi connectivity index (χ3v) is 4.21. The van der Waals surface area contributed by atoms with E-state index < -0.39 is 5.54 Å². The lowest BCUT2D eigenvalue weighted by molar-refractivity contribution is 0.342. The molecule has 1 aromatic carbocycles. The minimum Gasteiger partial charge on any atom is -0.271 e. The highest BCUT2D eigenvalue weighted by atomic mass is 35.5. The molecule has 2 rings (SSSR count). The van der Waals surface area contributed by atoms with E-state index >= 15 is 0 Å². The molecular weight excluding hydrogens is 371 g/mol. The lowest BCUT2D eigenvalue weighted by atomic mass is 10.1. The van der Waals surface area contributed by atoms with Crippen molar-refractivity contribution in [2.24, 2.45) is 4.99 Å². The first kappa shape index (κ1) is 20.2. The maximum Gasteiger partial charge on any atom is 0.351 e. The number of hydrogen-bond donors (Lipinski definition) is 0. The summed E-state index contributed by atoms with van der Waals surface area (Å²) in [6.45, 7) is 11.1. The molecule has 7 heteroatoms. The maximum atomic E-state index is 13.1. The molecule has 2 aromatic rings. The van der Waals surface area contributed by atoms with Crippen LogP contribution in [0, 0.1) is 0 Å². The van der Waals surface area contributed by atoms with Crippen molar-refractivity contribution in [2.75, 3.05) is 0 Å². The van der Waals surface area contributed by atoms with Crippen molar-refractivity contribution in [3.8, 4) is 5.69 Å². The van der Waals surface area contributed by atoms with Gasteiger partial charge in [-0.25, -0.2) is 14.0 Å². The second-order valence-electron chi connectivity index (χ2n) is 6.75. The highest BCUT2D eigenvalue weighted by Crippen LogP contribution is 2.26. The molecule has 0 aliphatic heterocycles. The zero-order chi connectivity index (χ0) is 19.5. The molecule has 0 N–H and O–H groups in total.